The van der Waals surface area contributed by atoms with Gasteiger partial charge in [-0.2, -0.15) is 0 Å². The lowest BCUT2D eigenvalue weighted by Crippen LogP contribution is -2.43. The molecule has 0 aromatic heterocycles. The van der Waals surface area contributed by atoms with E-state index < -0.39 is 0 Å². The summed E-state index contributed by atoms with van der Waals surface area (Å²) >= 11 is 0. The quantitative estimate of drug-likeness (QED) is 0.837. The third-order valence-corrected chi connectivity index (χ3v) is 3.90. The fraction of sp³-hybridized carbons (Fsp3) is 0.571. The Hall–Kier alpha value is -0.900. The Labute approximate surface area is 103 Å². The normalized spacial score (nSPS) is 33.6. The summed E-state index contributed by atoms with van der Waals surface area (Å²) in [6.07, 6.45) is 2.65. The molecule has 0 aliphatic carbocycles. The van der Waals surface area contributed by atoms with Gasteiger partial charge in [-0.15, -0.1) is 0 Å². The van der Waals surface area contributed by atoms with Gasteiger partial charge in [0, 0.05) is 31.8 Å². The molecule has 0 radical (unpaired) electrons. The molecule has 0 saturated carbocycles. The van der Waals surface area contributed by atoms with Crippen LogP contribution in [0.5, 0.6) is 0 Å². The van der Waals surface area contributed by atoms with Crippen LogP contribution in [0.2, 0.25) is 0 Å². The van der Waals surface area contributed by atoms with Crippen LogP contribution in [0, 0.1) is 0 Å². The van der Waals surface area contributed by atoms with E-state index in [9.17, 15) is 0 Å². The summed E-state index contributed by atoms with van der Waals surface area (Å²) in [6, 6.07) is 11.3. The van der Waals surface area contributed by atoms with Crippen molar-refractivity contribution in [2.75, 3.05) is 13.2 Å². The van der Waals surface area contributed by atoms with Crippen LogP contribution < -0.4 is 5.73 Å². The fourth-order valence-corrected chi connectivity index (χ4v) is 3.10. The molecule has 2 heterocycles. The first-order chi connectivity index (χ1) is 8.34. The van der Waals surface area contributed by atoms with Gasteiger partial charge in [-0.25, -0.2) is 0 Å². The van der Waals surface area contributed by atoms with Crippen LogP contribution in [0.1, 0.15) is 18.4 Å². The minimum atomic E-state index is 0.184. The maximum atomic E-state index is 6.17. The molecule has 92 valence electrons. The highest BCUT2D eigenvalue weighted by molar-refractivity contribution is 5.15. The van der Waals surface area contributed by atoms with Crippen molar-refractivity contribution >= 4 is 0 Å². The summed E-state index contributed by atoms with van der Waals surface area (Å²) in [5.74, 6) is 0. The molecule has 0 unspecified atom stereocenters. The number of rotatable bonds is 2. The van der Waals surface area contributed by atoms with E-state index in [1.807, 2.05) is 0 Å². The molecule has 3 rings (SSSR count). The number of nitrogens with two attached hydrogens (primary N) is 1. The second kappa shape index (κ2) is 4.77. The van der Waals surface area contributed by atoms with E-state index in [2.05, 4.69) is 35.2 Å². The number of benzene rings is 1. The number of fused-ring (bicyclic) bond motifs is 1. The zero-order valence-electron chi connectivity index (χ0n) is 10.1. The lowest BCUT2D eigenvalue weighted by atomic mass is 10.0. The molecule has 2 aliphatic rings. The maximum absolute atomic E-state index is 6.17. The van der Waals surface area contributed by atoms with Crippen molar-refractivity contribution < 1.29 is 4.74 Å². The van der Waals surface area contributed by atoms with Crippen LogP contribution in [0.3, 0.4) is 0 Å². The summed E-state index contributed by atoms with van der Waals surface area (Å²) < 4.78 is 5.82. The summed E-state index contributed by atoms with van der Waals surface area (Å²) in [4.78, 5) is 2.49. The van der Waals surface area contributed by atoms with Crippen molar-refractivity contribution in [3.63, 3.8) is 0 Å². The number of nitrogens with zero attached hydrogens (tertiary/aromatic N) is 1. The molecule has 0 amide bonds. The van der Waals surface area contributed by atoms with Crippen molar-refractivity contribution in [1.29, 1.82) is 0 Å². The van der Waals surface area contributed by atoms with E-state index in [4.69, 9.17) is 10.5 Å². The van der Waals surface area contributed by atoms with Gasteiger partial charge in [-0.1, -0.05) is 30.3 Å². The first-order valence-electron chi connectivity index (χ1n) is 6.50. The first-order valence-corrected chi connectivity index (χ1v) is 6.50. The van der Waals surface area contributed by atoms with Crippen LogP contribution in [-0.4, -0.2) is 36.2 Å². The molecule has 2 fully saturated rings. The van der Waals surface area contributed by atoms with E-state index in [1.54, 1.807) is 0 Å². The fourth-order valence-electron chi connectivity index (χ4n) is 3.10. The molecule has 2 saturated heterocycles. The number of ether oxygens (including phenoxy) is 1. The third kappa shape index (κ3) is 2.23. The first kappa shape index (κ1) is 11.2. The molecule has 0 bridgehead atoms. The Morgan fingerprint density at radius 3 is 2.94 bits per heavy atom. The monoisotopic (exact) mass is 232 g/mol. The zero-order chi connectivity index (χ0) is 11.7. The molecule has 3 heteroatoms. The van der Waals surface area contributed by atoms with Gasteiger partial charge in [0.25, 0.3) is 0 Å². The summed E-state index contributed by atoms with van der Waals surface area (Å²) in [5, 5.41) is 0. The molecule has 2 N–H and O–H groups in total. The van der Waals surface area contributed by atoms with Gasteiger partial charge >= 0.3 is 0 Å². The Morgan fingerprint density at radius 1 is 1.29 bits per heavy atom. The van der Waals surface area contributed by atoms with Crippen LogP contribution in [-0.2, 0) is 11.3 Å². The Bertz CT molecular complexity index is 368. The molecule has 3 atom stereocenters. The maximum Gasteiger partial charge on any atom is 0.0893 e. The van der Waals surface area contributed by atoms with Crippen LogP contribution >= 0.6 is 0 Å². The lowest BCUT2D eigenvalue weighted by Gasteiger charge is -2.32. The lowest BCUT2D eigenvalue weighted by molar-refractivity contribution is -0.0176. The largest absolute Gasteiger partial charge is 0.375 e. The predicted molar refractivity (Wildman–Crippen MR) is 67.6 cm³/mol. The van der Waals surface area contributed by atoms with Gasteiger partial charge in [0.1, 0.15) is 0 Å². The van der Waals surface area contributed by atoms with Gasteiger partial charge in [0.15, 0.2) is 0 Å². The SMILES string of the molecule is N[C@@H]1CN(Cc2ccccc2)[C@@H]2CCCO[C@H]12. The van der Waals surface area contributed by atoms with Gasteiger partial charge in [-0.05, 0) is 18.4 Å². The van der Waals surface area contributed by atoms with Crippen LogP contribution in [0.15, 0.2) is 30.3 Å². The molecule has 17 heavy (non-hydrogen) atoms. The van der Waals surface area contributed by atoms with Crippen molar-refractivity contribution in [2.45, 2.75) is 37.6 Å². The van der Waals surface area contributed by atoms with Crippen molar-refractivity contribution in [1.82, 2.24) is 4.90 Å². The average Bonchev–Trinajstić information content (AvgIpc) is 2.69. The molecule has 1 aromatic rings. The van der Waals surface area contributed by atoms with Gasteiger partial charge in [0.2, 0.25) is 0 Å². The number of hydrogen-bond acceptors (Lipinski definition) is 3. The van der Waals surface area contributed by atoms with Crippen LogP contribution in [0.25, 0.3) is 0 Å². The highest BCUT2D eigenvalue weighted by Gasteiger charge is 2.41. The molecular weight excluding hydrogens is 212 g/mol. The zero-order valence-corrected chi connectivity index (χ0v) is 10.1. The standard InChI is InChI=1S/C14H20N2O/c15-12-10-16(9-11-5-2-1-3-6-11)13-7-4-8-17-14(12)13/h1-3,5-6,12-14H,4,7-10,15H2/t12-,13-,14-/m1/s1. The van der Waals surface area contributed by atoms with Crippen LogP contribution in [0.4, 0.5) is 0 Å². The minimum Gasteiger partial charge on any atom is -0.375 e. The van der Waals surface area contributed by atoms with Gasteiger partial charge < -0.3 is 10.5 Å². The highest BCUT2D eigenvalue weighted by Crippen LogP contribution is 2.29. The second-order valence-electron chi connectivity index (χ2n) is 5.12. The summed E-state index contributed by atoms with van der Waals surface area (Å²) in [7, 11) is 0. The van der Waals surface area contributed by atoms with Crippen molar-refractivity contribution in [3.8, 4) is 0 Å². The van der Waals surface area contributed by atoms with E-state index >= 15 is 0 Å². The van der Waals surface area contributed by atoms with Gasteiger partial charge in [-0.3, -0.25) is 4.90 Å². The summed E-state index contributed by atoms with van der Waals surface area (Å²) in [5.41, 5.74) is 7.53. The predicted octanol–water partition coefficient (Wildman–Crippen LogP) is 1.38. The van der Waals surface area contributed by atoms with E-state index in [-0.39, 0.29) is 12.1 Å². The highest BCUT2D eigenvalue weighted by atomic mass is 16.5. The molecule has 0 spiro atoms. The topological polar surface area (TPSA) is 38.5 Å². The number of likely N-dealkylation sites (tertiary alicyclic amines) is 1. The Morgan fingerprint density at radius 2 is 2.12 bits per heavy atom. The smallest absolute Gasteiger partial charge is 0.0893 e. The van der Waals surface area contributed by atoms with E-state index in [0.29, 0.717) is 6.04 Å². The molecular formula is C14H20N2O. The number of hydrogen-bond donors (Lipinski definition) is 1. The van der Waals surface area contributed by atoms with E-state index in [0.717, 1.165) is 19.7 Å². The van der Waals surface area contributed by atoms with Gasteiger partial charge in [0.05, 0.1) is 6.10 Å². The van der Waals surface area contributed by atoms with Crippen molar-refractivity contribution in [3.05, 3.63) is 35.9 Å². The third-order valence-electron chi connectivity index (χ3n) is 3.90. The average molecular weight is 232 g/mol. The summed E-state index contributed by atoms with van der Waals surface area (Å²) in [6.45, 7) is 2.84. The van der Waals surface area contributed by atoms with E-state index in [1.165, 1.54) is 18.4 Å². The molecule has 3 nitrogen and oxygen atoms in total. The minimum absolute atomic E-state index is 0.184. The Balaban J connectivity index is 1.71. The molecule has 2 aliphatic heterocycles. The van der Waals surface area contributed by atoms with Crippen molar-refractivity contribution in [2.24, 2.45) is 5.73 Å². The second-order valence-corrected chi connectivity index (χ2v) is 5.12. The molecule has 1 aromatic carbocycles. The Kier molecular flexibility index (Phi) is 3.14.